The first-order chi connectivity index (χ1) is 13.3. The van der Waals surface area contributed by atoms with E-state index >= 15 is 0 Å². The molecule has 0 unspecified atom stereocenters. The van der Waals surface area contributed by atoms with Crippen molar-refractivity contribution in [2.75, 3.05) is 13.2 Å². The molecular weight excluding hydrogens is 352 g/mol. The van der Waals surface area contributed by atoms with E-state index in [1.807, 2.05) is 88.4 Å². The van der Waals surface area contributed by atoms with Crippen LogP contribution in [-0.4, -0.2) is 13.2 Å². The first-order valence-corrected chi connectivity index (χ1v) is 9.27. The van der Waals surface area contributed by atoms with Gasteiger partial charge in [0.15, 0.2) is 0 Å². The predicted octanol–water partition coefficient (Wildman–Crippen LogP) is 6.11. The molecule has 0 saturated carbocycles. The van der Waals surface area contributed by atoms with Gasteiger partial charge < -0.3 is 0 Å². The van der Waals surface area contributed by atoms with Crippen molar-refractivity contribution < 1.29 is 19.6 Å². The van der Waals surface area contributed by atoms with Gasteiger partial charge in [-0.1, -0.05) is 72.8 Å². The van der Waals surface area contributed by atoms with Crippen molar-refractivity contribution >= 4 is 0 Å². The standard InChI is InChI=1S/C18H22O2.C6H10O2/c1-17(2,15-11-7-5-8-12-15)19-20-18(3,4)16-13-9-6-10-14-16;1-3-5-7-8-6-4-2/h5-14H,1-4H3;3-4H,1-2,5-6H2. The van der Waals surface area contributed by atoms with Crippen LogP contribution in [-0.2, 0) is 30.8 Å². The van der Waals surface area contributed by atoms with Gasteiger partial charge in [0.1, 0.15) is 24.4 Å². The summed E-state index contributed by atoms with van der Waals surface area (Å²) in [5, 5.41) is 0. The molecule has 2 aromatic rings. The Hall–Kier alpha value is -2.24. The molecule has 0 aliphatic carbocycles. The molecule has 0 atom stereocenters. The van der Waals surface area contributed by atoms with E-state index in [9.17, 15) is 0 Å². The van der Waals surface area contributed by atoms with Crippen LogP contribution in [0, 0.1) is 0 Å². The van der Waals surface area contributed by atoms with Crippen LogP contribution in [0.3, 0.4) is 0 Å². The van der Waals surface area contributed by atoms with Crippen molar-refractivity contribution in [1.82, 2.24) is 0 Å². The zero-order valence-electron chi connectivity index (χ0n) is 17.4. The van der Waals surface area contributed by atoms with Gasteiger partial charge in [0.2, 0.25) is 0 Å². The zero-order chi connectivity index (χ0) is 20.9. The summed E-state index contributed by atoms with van der Waals surface area (Å²) >= 11 is 0. The quantitative estimate of drug-likeness (QED) is 0.214. The molecule has 0 aromatic heterocycles. The van der Waals surface area contributed by atoms with Crippen LogP contribution in [0.25, 0.3) is 0 Å². The van der Waals surface area contributed by atoms with E-state index in [0.29, 0.717) is 13.2 Å². The second kappa shape index (κ2) is 12.3. The summed E-state index contributed by atoms with van der Waals surface area (Å²) in [4.78, 5) is 20.5. The third-order valence-corrected chi connectivity index (χ3v) is 3.85. The number of hydrogen-bond acceptors (Lipinski definition) is 4. The largest absolute Gasteiger partial charge is 0.232 e. The maximum absolute atomic E-state index is 5.73. The molecule has 152 valence electrons. The van der Waals surface area contributed by atoms with E-state index in [-0.39, 0.29) is 0 Å². The van der Waals surface area contributed by atoms with Crippen LogP contribution < -0.4 is 0 Å². The molecule has 0 aliphatic heterocycles. The van der Waals surface area contributed by atoms with Crippen molar-refractivity contribution in [3.63, 3.8) is 0 Å². The summed E-state index contributed by atoms with van der Waals surface area (Å²) in [6, 6.07) is 20.2. The van der Waals surface area contributed by atoms with Gasteiger partial charge in [0.05, 0.1) is 0 Å². The number of rotatable bonds is 10. The molecule has 0 saturated heterocycles. The summed E-state index contributed by atoms with van der Waals surface area (Å²) in [6.07, 6.45) is 3.23. The van der Waals surface area contributed by atoms with Gasteiger partial charge in [-0.3, -0.25) is 0 Å². The van der Waals surface area contributed by atoms with Gasteiger partial charge in [0, 0.05) is 0 Å². The van der Waals surface area contributed by atoms with E-state index < -0.39 is 11.2 Å². The fraction of sp³-hybridized carbons (Fsp3) is 0.333. The van der Waals surface area contributed by atoms with Crippen LogP contribution in [0.5, 0.6) is 0 Å². The molecule has 4 heteroatoms. The highest BCUT2D eigenvalue weighted by Gasteiger charge is 2.29. The smallest absolute Gasteiger partial charge is 0.123 e. The van der Waals surface area contributed by atoms with Crippen molar-refractivity contribution in [2.45, 2.75) is 38.9 Å². The lowest BCUT2D eigenvalue weighted by Crippen LogP contribution is -2.29. The fourth-order valence-corrected chi connectivity index (χ4v) is 2.18. The molecule has 0 radical (unpaired) electrons. The SMILES string of the molecule is C=CCOOCC=C.CC(C)(OOC(C)(C)c1ccccc1)c1ccccc1. The zero-order valence-corrected chi connectivity index (χ0v) is 17.4. The third kappa shape index (κ3) is 8.63. The Morgan fingerprint density at radius 2 is 0.964 bits per heavy atom. The van der Waals surface area contributed by atoms with Crippen molar-refractivity contribution in [3.05, 3.63) is 97.1 Å². The summed E-state index contributed by atoms with van der Waals surface area (Å²) < 4.78 is 0. The maximum atomic E-state index is 5.73. The van der Waals surface area contributed by atoms with Crippen LogP contribution in [0.4, 0.5) is 0 Å². The first kappa shape index (κ1) is 23.8. The summed E-state index contributed by atoms with van der Waals surface area (Å²) in [5.74, 6) is 0. The minimum absolute atomic E-state index is 0.424. The molecule has 4 nitrogen and oxygen atoms in total. The Morgan fingerprint density at radius 3 is 1.25 bits per heavy atom. The van der Waals surface area contributed by atoms with E-state index in [4.69, 9.17) is 9.78 Å². The van der Waals surface area contributed by atoms with Crippen LogP contribution in [0.15, 0.2) is 86.0 Å². The topological polar surface area (TPSA) is 36.9 Å². The average molecular weight is 385 g/mol. The molecule has 2 rings (SSSR count). The Bertz CT molecular complexity index is 617. The normalized spacial score (nSPS) is 11.3. The molecule has 0 N–H and O–H groups in total. The highest BCUT2D eigenvalue weighted by Crippen LogP contribution is 2.31. The van der Waals surface area contributed by atoms with E-state index in [1.165, 1.54) is 0 Å². The highest BCUT2D eigenvalue weighted by molar-refractivity contribution is 5.22. The molecule has 0 heterocycles. The van der Waals surface area contributed by atoms with E-state index in [2.05, 4.69) is 22.9 Å². The van der Waals surface area contributed by atoms with Gasteiger partial charge in [-0.05, 0) is 38.8 Å². The Balaban J connectivity index is 0.000000416. The van der Waals surface area contributed by atoms with Crippen LogP contribution >= 0.6 is 0 Å². The van der Waals surface area contributed by atoms with E-state index in [0.717, 1.165) is 11.1 Å². The van der Waals surface area contributed by atoms with Gasteiger partial charge in [-0.25, -0.2) is 19.6 Å². The predicted molar refractivity (Wildman–Crippen MR) is 113 cm³/mol. The van der Waals surface area contributed by atoms with Crippen molar-refractivity contribution in [3.8, 4) is 0 Å². The molecule has 0 fully saturated rings. The third-order valence-electron chi connectivity index (χ3n) is 3.85. The van der Waals surface area contributed by atoms with Gasteiger partial charge in [-0.15, -0.1) is 13.2 Å². The van der Waals surface area contributed by atoms with Crippen LogP contribution in [0.2, 0.25) is 0 Å². The summed E-state index contributed by atoms with van der Waals surface area (Å²) in [7, 11) is 0. The molecule has 0 spiro atoms. The summed E-state index contributed by atoms with van der Waals surface area (Å²) in [5.41, 5.74) is 1.19. The average Bonchev–Trinajstić information content (AvgIpc) is 2.72. The van der Waals surface area contributed by atoms with Gasteiger partial charge >= 0.3 is 0 Å². The Kier molecular flexibility index (Phi) is 10.4. The Labute approximate surface area is 169 Å². The highest BCUT2D eigenvalue weighted by atomic mass is 17.2. The minimum Gasteiger partial charge on any atom is -0.232 e. The molecule has 0 aliphatic rings. The fourth-order valence-electron chi connectivity index (χ4n) is 2.18. The lowest BCUT2D eigenvalue weighted by molar-refractivity contribution is -0.410. The lowest BCUT2D eigenvalue weighted by atomic mass is 9.98. The van der Waals surface area contributed by atoms with Gasteiger partial charge in [-0.2, -0.15) is 0 Å². The first-order valence-electron chi connectivity index (χ1n) is 9.27. The molecule has 0 amide bonds. The van der Waals surface area contributed by atoms with E-state index in [1.54, 1.807) is 12.2 Å². The minimum atomic E-state index is -0.493. The second-order valence-electron chi connectivity index (χ2n) is 7.07. The second-order valence-corrected chi connectivity index (χ2v) is 7.07. The molecule has 2 aromatic carbocycles. The molecule has 0 bridgehead atoms. The monoisotopic (exact) mass is 384 g/mol. The lowest BCUT2D eigenvalue weighted by Gasteiger charge is -2.31. The van der Waals surface area contributed by atoms with Crippen LogP contribution in [0.1, 0.15) is 38.8 Å². The molecule has 28 heavy (non-hydrogen) atoms. The number of benzene rings is 2. The van der Waals surface area contributed by atoms with Crippen molar-refractivity contribution in [2.24, 2.45) is 0 Å². The van der Waals surface area contributed by atoms with Crippen molar-refractivity contribution in [1.29, 1.82) is 0 Å². The summed E-state index contributed by atoms with van der Waals surface area (Å²) in [6.45, 7) is 15.7. The van der Waals surface area contributed by atoms with Gasteiger partial charge in [0.25, 0.3) is 0 Å². The maximum Gasteiger partial charge on any atom is 0.123 e. The Morgan fingerprint density at radius 1 is 0.643 bits per heavy atom. The molecular formula is C24H32O4. The number of hydrogen-bond donors (Lipinski definition) is 0.